The highest BCUT2D eigenvalue weighted by atomic mass is 16.5. The van der Waals surface area contributed by atoms with Gasteiger partial charge in [-0.2, -0.15) is 4.99 Å². The van der Waals surface area contributed by atoms with Crippen LogP contribution >= 0.6 is 0 Å². The normalized spacial score (nSPS) is 11.5. The first-order valence-electron chi connectivity index (χ1n) is 7.16. The number of hydrogen-bond acceptors (Lipinski definition) is 3. The average molecular weight is 307 g/mol. The van der Waals surface area contributed by atoms with Gasteiger partial charge in [-0.25, -0.2) is 4.99 Å². The molecule has 0 atom stereocenters. The van der Waals surface area contributed by atoms with E-state index in [4.69, 9.17) is 26.7 Å². The second-order valence-corrected chi connectivity index (χ2v) is 5.18. The van der Waals surface area contributed by atoms with Gasteiger partial charge in [-0.15, -0.1) is 0 Å². The molecule has 6 N–H and O–H groups in total. The summed E-state index contributed by atoms with van der Waals surface area (Å²) < 4.78 is 11.1. The molecular weight excluding hydrogens is 282 g/mol. The van der Waals surface area contributed by atoms with Gasteiger partial charge >= 0.3 is 0 Å². The number of rotatable bonds is 8. The van der Waals surface area contributed by atoms with Crippen molar-refractivity contribution in [2.24, 2.45) is 33.1 Å². The maximum Gasteiger partial charge on any atom is 0.218 e. The van der Waals surface area contributed by atoms with Crippen molar-refractivity contribution in [2.75, 3.05) is 19.8 Å². The molecule has 0 spiro atoms. The fraction of sp³-hybridized carbons (Fsp3) is 0.467. The lowest BCUT2D eigenvalue weighted by Crippen LogP contribution is -2.26. The summed E-state index contributed by atoms with van der Waals surface area (Å²) in [5.74, 6) is 1.32. The van der Waals surface area contributed by atoms with Crippen molar-refractivity contribution in [3.63, 3.8) is 0 Å². The third kappa shape index (κ3) is 8.11. The SMILES string of the molecule is CC(C)COc1ccc(COCCN=C(N)N=C(N)N)cc1. The minimum atomic E-state index is -0.109. The molecule has 0 saturated carbocycles. The molecule has 0 aliphatic rings. The predicted molar refractivity (Wildman–Crippen MR) is 88.7 cm³/mol. The number of nitrogens with two attached hydrogens (primary N) is 3. The van der Waals surface area contributed by atoms with Crippen LogP contribution in [-0.2, 0) is 11.3 Å². The van der Waals surface area contributed by atoms with E-state index < -0.39 is 0 Å². The topological polar surface area (TPSA) is 121 Å². The Bertz CT molecular complexity index is 493. The lowest BCUT2D eigenvalue weighted by molar-refractivity contribution is 0.128. The highest BCUT2D eigenvalue weighted by Crippen LogP contribution is 2.13. The molecule has 1 aromatic carbocycles. The van der Waals surface area contributed by atoms with Crippen LogP contribution in [-0.4, -0.2) is 31.7 Å². The van der Waals surface area contributed by atoms with Crippen LogP contribution in [0, 0.1) is 5.92 Å². The molecule has 0 aliphatic heterocycles. The number of hydrogen-bond donors (Lipinski definition) is 3. The van der Waals surface area contributed by atoms with Crippen LogP contribution in [0.4, 0.5) is 0 Å². The lowest BCUT2D eigenvalue weighted by atomic mass is 10.2. The standard InChI is InChI=1S/C15H25N5O2/c1-11(2)9-22-13-5-3-12(4-6-13)10-21-8-7-19-15(18)20-14(16)17/h3-6,11H,7-10H2,1-2H3,(H6,16,17,18,19,20). The largest absolute Gasteiger partial charge is 0.493 e. The van der Waals surface area contributed by atoms with Gasteiger partial charge in [-0.1, -0.05) is 26.0 Å². The molecule has 22 heavy (non-hydrogen) atoms. The summed E-state index contributed by atoms with van der Waals surface area (Å²) in [7, 11) is 0. The summed E-state index contributed by atoms with van der Waals surface area (Å²) in [5, 5.41) is 0. The number of ether oxygens (including phenoxy) is 2. The highest BCUT2D eigenvalue weighted by molar-refractivity contribution is 5.92. The van der Waals surface area contributed by atoms with Gasteiger partial charge in [-0.05, 0) is 23.6 Å². The molecule has 0 heterocycles. The maximum absolute atomic E-state index is 5.62. The van der Waals surface area contributed by atoms with E-state index in [0.717, 1.165) is 11.3 Å². The van der Waals surface area contributed by atoms with Crippen LogP contribution in [0.15, 0.2) is 34.3 Å². The zero-order valence-corrected chi connectivity index (χ0v) is 13.2. The minimum absolute atomic E-state index is 0.0512. The van der Waals surface area contributed by atoms with Gasteiger partial charge in [-0.3, -0.25) is 0 Å². The van der Waals surface area contributed by atoms with Crippen LogP contribution in [0.5, 0.6) is 5.75 Å². The molecule has 1 aromatic rings. The first-order chi connectivity index (χ1) is 10.5. The Kier molecular flexibility index (Phi) is 7.77. The molecule has 0 fully saturated rings. The molecule has 0 saturated heterocycles. The molecule has 1 rings (SSSR count). The fourth-order valence-electron chi connectivity index (χ4n) is 1.53. The first kappa shape index (κ1) is 17.8. The quantitative estimate of drug-likeness (QED) is 0.373. The third-order valence-electron chi connectivity index (χ3n) is 2.53. The van der Waals surface area contributed by atoms with E-state index in [-0.39, 0.29) is 11.9 Å². The van der Waals surface area contributed by atoms with Crippen LogP contribution in [0.2, 0.25) is 0 Å². The molecule has 0 aliphatic carbocycles. The highest BCUT2D eigenvalue weighted by Gasteiger charge is 1.98. The second kappa shape index (κ2) is 9.62. The van der Waals surface area contributed by atoms with E-state index in [1.807, 2.05) is 24.3 Å². The Morgan fingerprint density at radius 2 is 1.82 bits per heavy atom. The second-order valence-electron chi connectivity index (χ2n) is 5.18. The van der Waals surface area contributed by atoms with Crippen molar-refractivity contribution in [3.05, 3.63) is 29.8 Å². The lowest BCUT2D eigenvalue weighted by Gasteiger charge is -2.09. The van der Waals surface area contributed by atoms with Crippen LogP contribution in [0.3, 0.4) is 0 Å². The third-order valence-corrected chi connectivity index (χ3v) is 2.53. The molecule has 0 bridgehead atoms. The number of nitrogens with zero attached hydrogens (tertiary/aromatic N) is 2. The van der Waals surface area contributed by atoms with Crippen molar-refractivity contribution in [1.82, 2.24) is 0 Å². The van der Waals surface area contributed by atoms with Gasteiger partial charge in [0.2, 0.25) is 5.96 Å². The van der Waals surface area contributed by atoms with E-state index >= 15 is 0 Å². The van der Waals surface area contributed by atoms with Gasteiger partial charge in [0, 0.05) is 0 Å². The minimum Gasteiger partial charge on any atom is -0.493 e. The van der Waals surface area contributed by atoms with Crippen LogP contribution in [0.1, 0.15) is 19.4 Å². The Balaban J connectivity index is 2.26. The molecule has 7 heteroatoms. The van der Waals surface area contributed by atoms with Gasteiger partial charge in [0.25, 0.3) is 0 Å². The van der Waals surface area contributed by atoms with Crippen LogP contribution in [0.25, 0.3) is 0 Å². The average Bonchev–Trinajstić information content (AvgIpc) is 2.45. The van der Waals surface area contributed by atoms with Crippen molar-refractivity contribution in [3.8, 4) is 5.75 Å². The van der Waals surface area contributed by atoms with Crippen molar-refractivity contribution >= 4 is 11.9 Å². The summed E-state index contributed by atoms with van der Waals surface area (Å²) in [4.78, 5) is 7.56. The molecule has 0 aromatic heterocycles. The Hall–Kier alpha value is -2.28. The summed E-state index contributed by atoms with van der Waals surface area (Å²) in [6, 6.07) is 7.84. The zero-order chi connectivity index (χ0) is 16.4. The van der Waals surface area contributed by atoms with Gasteiger partial charge in [0.15, 0.2) is 5.96 Å². The van der Waals surface area contributed by atoms with E-state index in [2.05, 4.69) is 23.8 Å². The number of benzene rings is 1. The van der Waals surface area contributed by atoms with Crippen molar-refractivity contribution in [1.29, 1.82) is 0 Å². The Morgan fingerprint density at radius 3 is 2.41 bits per heavy atom. The summed E-state index contributed by atoms with van der Waals surface area (Å²) in [6.45, 7) is 6.28. The van der Waals surface area contributed by atoms with E-state index in [0.29, 0.717) is 32.3 Å². The maximum atomic E-state index is 5.62. The predicted octanol–water partition coefficient (Wildman–Crippen LogP) is 0.826. The smallest absolute Gasteiger partial charge is 0.218 e. The molecule has 0 amide bonds. The number of guanidine groups is 2. The molecule has 0 radical (unpaired) electrons. The Morgan fingerprint density at radius 1 is 1.14 bits per heavy atom. The Labute approximate surface area is 131 Å². The van der Waals surface area contributed by atoms with E-state index in [1.165, 1.54) is 0 Å². The van der Waals surface area contributed by atoms with Crippen molar-refractivity contribution in [2.45, 2.75) is 20.5 Å². The van der Waals surface area contributed by atoms with E-state index in [9.17, 15) is 0 Å². The van der Waals surface area contributed by atoms with Crippen molar-refractivity contribution < 1.29 is 9.47 Å². The van der Waals surface area contributed by atoms with Crippen LogP contribution < -0.4 is 21.9 Å². The molecular formula is C15H25N5O2. The van der Waals surface area contributed by atoms with Gasteiger partial charge in [0.05, 0.1) is 26.4 Å². The monoisotopic (exact) mass is 307 g/mol. The fourth-order valence-corrected chi connectivity index (χ4v) is 1.53. The number of aliphatic imine (C=N–C) groups is 2. The first-order valence-corrected chi connectivity index (χ1v) is 7.16. The van der Waals surface area contributed by atoms with E-state index in [1.54, 1.807) is 0 Å². The summed E-state index contributed by atoms with van der Waals surface area (Å²) >= 11 is 0. The molecule has 122 valence electrons. The molecule has 7 nitrogen and oxygen atoms in total. The molecule has 0 unspecified atom stereocenters. The van der Waals surface area contributed by atoms with Gasteiger partial charge in [0.1, 0.15) is 5.75 Å². The summed E-state index contributed by atoms with van der Waals surface area (Å²) in [5.41, 5.74) is 16.9. The van der Waals surface area contributed by atoms with Gasteiger partial charge < -0.3 is 26.7 Å². The zero-order valence-electron chi connectivity index (χ0n) is 13.2. The summed E-state index contributed by atoms with van der Waals surface area (Å²) in [6.07, 6.45) is 0.